The maximum absolute atomic E-state index is 10.9. The molecule has 2 saturated heterocycles. The number of carbonyl (C=O) groups is 1. The molecule has 22 heavy (non-hydrogen) atoms. The molecule has 0 unspecified atom stereocenters. The second-order valence-electron chi connectivity index (χ2n) is 5.87. The maximum Gasteiger partial charge on any atom is 0.407 e. The number of pyridine rings is 1. The molecule has 3 rings (SSSR count). The average molecular weight is 306 g/mol. The second-order valence-corrected chi connectivity index (χ2v) is 5.87. The molecule has 1 amide bonds. The fourth-order valence-corrected chi connectivity index (χ4v) is 3.14. The van der Waals surface area contributed by atoms with Crippen LogP contribution in [0.15, 0.2) is 18.3 Å². The number of carboxylic acid groups (broad SMARTS) is 1. The molecule has 6 nitrogen and oxygen atoms in total. The highest BCUT2D eigenvalue weighted by atomic mass is 16.5. The molecule has 3 heterocycles. The van der Waals surface area contributed by atoms with Gasteiger partial charge in [0, 0.05) is 50.9 Å². The smallest absolute Gasteiger partial charge is 0.407 e. The summed E-state index contributed by atoms with van der Waals surface area (Å²) in [6.07, 6.45) is 4.39. The summed E-state index contributed by atoms with van der Waals surface area (Å²) in [5.41, 5.74) is 1.16. The van der Waals surface area contributed by atoms with Crippen LogP contribution in [0.2, 0.25) is 0 Å². The number of amides is 1. The number of ether oxygens (including phenoxy) is 2. The minimum absolute atomic E-state index is 0.0455. The monoisotopic (exact) mass is 306 g/mol. The Morgan fingerprint density at radius 1 is 1.27 bits per heavy atom. The summed E-state index contributed by atoms with van der Waals surface area (Å²) in [6, 6.07) is 4.04. The molecule has 2 aliphatic heterocycles. The third-order valence-corrected chi connectivity index (χ3v) is 4.45. The molecule has 2 aliphatic rings. The Labute approximate surface area is 130 Å². The number of nitrogens with zero attached hydrogens (tertiary/aromatic N) is 2. The Hall–Kier alpha value is -1.82. The van der Waals surface area contributed by atoms with Crippen LogP contribution in [0.4, 0.5) is 4.79 Å². The van der Waals surface area contributed by atoms with Crippen LogP contribution in [0.25, 0.3) is 0 Å². The summed E-state index contributed by atoms with van der Waals surface area (Å²) >= 11 is 0. The van der Waals surface area contributed by atoms with E-state index in [1.807, 2.05) is 6.07 Å². The molecule has 1 aromatic heterocycles. The van der Waals surface area contributed by atoms with Crippen molar-refractivity contribution in [2.24, 2.45) is 0 Å². The van der Waals surface area contributed by atoms with Gasteiger partial charge in [-0.15, -0.1) is 0 Å². The van der Waals surface area contributed by atoms with E-state index in [1.54, 1.807) is 6.20 Å². The van der Waals surface area contributed by atoms with E-state index in [-0.39, 0.29) is 6.10 Å². The van der Waals surface area contributed by atoms with Crippen molar-refractivity contribution in [3.8, 4) is 5.88 Å². The van der Waals surface area contributed by atoms with Crippen molar-refractivity contribution >= 4 is 6.09 Å². The van der Waals surface area contributed by atoms with Crippen LogP contribution in [0.3, 0.4) is 0 Å². The van der Waals surface area contributed by atoms with Crippen molar-refractivity contribution in [3.63, 3.8) is 0 Å². The lowest BCUT2D eigenvalue weighted by Gasteiger charge is -2.31. The van der Waals surface area contributed by atoms with Gasteiger partial charge in [0.05, 0.1) is 0 Å². The molecule has 1 N–H and O–H groups in total. The molecule has 0 spiro atoms. The fourth-order valence-electron chi connectivity index (χ4n) is 3.14. The minimum Gasteiger partial charge on any atom is -0.474 e. The predicted octanol–water partition coefficient (Wildman–Crippen LogP) is 2.50. The van der Waals surface area contributed by atoms with Gasteiger partial charge in [-0.25, -0.2) is 9.78 Å². The summed E-state index contributed by atoms with van der Waals surface area (Å²) in [5, 5.41) is 8.99. The van der Waals surface area contributed by atoms with Crippen LogP contribution in [0, 0.1) is 0 Å². The number of piperidine rings is 1. The van der Waals surface area contributed by atoms with Crippen LogP contribution in [-0.2, 0) is 4.74 Å². The van der Waals surface area contributed by atoms with Crippen molar-refractivity contribution in [2.45, 2.75) is 37.7 Å². The van der Waals surface area contributed by atoms with Gasteiger partial charge in [-0.2, -0.15) is 0 Å². The van der Waals surface area contributed by atoms with E-state index in [9.17, 15) is 4.79 Å². The zero-order chi connectivity index (χ0) is 15.4. The average Bonchev–Trinajstić information content (AvgIpc) is 2.57. The highest BCUT2D eigenvalue weighted by Crippen LogP contribution is 2.33. The van der Waals surface area contributed by atoms with Gasteiger partial charge in [-0.1, -0.05) is 6.07 Å². The lowest BCUT2D eigenvalue weighted by atomic mass is 9.92. The van der Waals surface area contributed by atoms with Gasteiger partial charge in [-0.05, 0) is 24.8 Å². The molecule has 0 atom stereocenters. The SMILES string of the molecule is O=C(O)N1CCC(Oc2ncccc2C2CCOCC2)CC1. The van der Waals surface area contributed by atoms with E-state index < -0.39 is 6.09 Å². The Morgan fingerprint density at radius 2 is 2.00 bits per heavy atom. The Bertz CT molecular complexity index is 509. The zero-order valence-electron chi connectivity index (χ0n) is 12.6. The number of hydrogen-bond acceptors (Lipinski definition) is 4. The van der Waals surface area contributed by atoms with Gasteiger partial charge in [-0.3, -0.25) is 0 Å². The standard InChI is InChI=1S/C16H22N2O4/c19-16(20)18-8-3-13(4-9-18)22-15-14(2-1-7-17-15)12-5-10-21-11-6-12/h1-2,7,12-13H,3-6,8-11H2,(H,19,20). The Balaban J connectivity index is 1.64. The lowest BCUT2D eigenvalue weighted by Crippen LogP contribution is -2.41. The normalized spacial score (nSPS) is 20.8. The molecule has 0 radical (unpaired) electrons. The van der Waals surface area contributed by atoms with Crippen molar-refractivity contribution in [2.75, 3.05) is 26.3 Å². The summed E-state index contributed by atoms with van der Waals surface area (Å²) in [7, 11) is 0. The van der Waals surface area contributed by atoms with Gasteiger partial charge < -0.3 is 19.5 Å². The molecule has 2 fully saturated rings. The summed E-state index contributed by atoms with van der Waals surface area (Å²) in [4.78, 5) is 16.8. The molecule has 0 bridgehead atoms. The van der Waals surface area contributed by atoms with E-state index in [0.29, 0.717) is 24.9 Å². The predicted molar refractivity (Wildman–Crippen MR) is 80.3 cm³/mol. The van der Waals surface area contributed by atoms with Crippen molar-refractivity contribution in [3.05, 3.63) is 23.9 Å². The number of aromatic nitrogens is 1. The van der Waals surface area contributed by atoms with Crippen LogP contribution < -0.4 is 4.74 Å². The lowest BCUT2D eigenvalue weighted by molar-refractivity contribution is 0.0777. The maximum atomic E-state index is 10.9. The molecule has 6 heteroatoms. The molecule has 120 valence electrons. The first-order valence-corrected chi connectivity index (χ1v) is 7.91. The van der Waals surface area contributed by atoms with E-state index in [0.717, 1.165) is 44.5 Å². The quantitative estimate of drug-likeness (QED) is 0.929. The largest absolute Gasteiger partial charge is 0.474 e. The fraction of sp³-hybridized carbons (Fsp3) is 0.625. The number of hydrogen-bond donors (Lipinski definition) is 1. The molecule has 1 aromatic rings. The van der Waals surface area contributed by atoms with Gasteiger partial charge >= 0.3 is 6.09 Å². The van der Waals surface area contributed by atoms with Crippen LogP contribution >= 0.6 is 0 Å². The molecular weight excluding hydrogens is 284 g/mol. The van der Waals surface area contributed by atoms with Gasteiger partial charge in [0.1, 0.15) is 6.10 Å². The first kappa shape index (κ1) is 15.1. The summed E-state index contributed by atoms with van der Waals surface area (Å²) < 4.78 is 11.5. The third-order valence-electron chi connectivity index (χ3n) is 4.45. The Morgan fingerprint density at radius 3 is 2.68 bits per heavy atom. The summed E-state index contributed by atoms with van der Waals surface area (Å²) in [5.74, 6) is 1.15. The van der Waals surface area contributed by atoms with Crippen molar-refractivity contribution < 1.29 is 19.4 Å². The number of rotatable bonds is 3. The molecule has 0 aromatic carbocycles. The molecule has 0 saturated carbocycles. The molecule has 0 aliphatic carbocycles. The van der Waals surface area contributed by atoms with Gasteiger partial charge in [0.2, 0.25) is 5.88 Å². The van der Waals surface area contributed by atoms with Crippen LogP contribution in [0.1, 0.15) is 37.2 Å². The minimum atomic E-state index is -0.848. The van der Waals surface area contributed by atoms with Crippen molar-refractivity contribution in [1.82, 2.24) is 9.88 Å². The topological polar surface area (TPSA) is 71.9 Å². The Kier molecular flexibility index (Phi) is 4.77. The summed E-state index contributed by atoms with van der Waals surface area (Å²) in [6.45, 7) is 2.63. The van der Waals surface area contributed by atoms with Crippen molar-refractivity contribution in [1.29, 1.82) is 0 Å². The zero-order valence-corrected chi connectivity index (χ0v) is 12.6. The third kappa shape index (κ3) is 3.50. The van der Waals surface area contributed by atoms with E-state index in [1.165, 1.54) is 4.90 Å². The van der Waals surface area contributed by atoms with Gasteiger partial charge in [0.15, 0.2) is 0 Å². The van der Waals surface area contributed by atoms with Gasteiger partial charge in [0.25, 0.3) is 0 Å². The number of likely N-dealkylation sites (tertiary alicyclic amines) is 1. The van der Waals surface area contributed by atoms with Crippen LogP contribution in [0.5, 0.6) is 5.88 Å². The first-order valence-electron chi connectivity index (χ1n) is 7.91. The van der Waals surface area contributed by atoms with E-state index in [2.05, 4.69) is 11.1 Å². The van der Waals surface area contributed by atoms with Crippen LogP contribution in [-0.4, -0.2) is 53.5 Å². The van der Waals surface area contributed by atoms with E-state index in [4.69, 9.17) is 14.6 Å². The first-order chi connectivity index (χ1) is 10.7. The highest BCUT2D eigenvalue weighted by Gasteiger charge is 2.26. The second kappa shape index (κ2) is 6.96. The van der Waals surface area contributed by atoms with E-state index >= 15 is 0 Å². The molecular formula is C16H22N2O4. The highest BCUT2D eigenvalue weighted by molar-refractivity contribution is 5.65.